The van der Waals surface area contributed by atoms with Gasteiger partial charge >= 0.3 is 0 Å². The minimum absolute atomic E-state index is 0.0666. The van der Waals surface area contributed by atoms with Crippen LogP contribution in [0.2, 0.25) is 0 Å². The van der Waals surface area contributed by atoms with Crippen LogP contribution in [0, 0.1) is 18.8 Å². The van der Waals surface area contributed by atoms with E-state index in [0.717, 1.165) is 37.7 Å². The average Bonchev–Trinajstić information content (AvgIpc) is 2.63. The molecule has 4 aliphatic heterocycles. The third-order valence-corrected chi connectivity index (χ3v) is 4.93. The normalized spacial score (nSPS) is 35.1. The molecule has 4 unspecified atom stereocenters. The number of carbonyl (C=O) groups is 1. The molecule has 1 aromatic rings. The average molecular weight is 272 g/mol. The highest BCUT2D eigenvalue weighted by Crippen LogP contribution is 2.36. The van der Waals surface area contributed by atoms with Crippen molar-refractivity contribution in [2.24, 2.45) is 11.8 Å². The maximum Gasteiger partial charge on any atom is 0.274 e. The second-order valence-corrected chi connectivity index (χ2v) is 6.58. The highest BCUT2D eigenvalue weighted by atomic mass is 16.2. The molecule has 0 saturated carbocycles. The Morgan fingerprint density at radius 1 is 1.10 bits per heavy atom. The molecule has 0 radical (unpaired) electrons. The van der Waals surface area contributed by atoms with Crippen molar-refractivity contribution in [3.8, 4) is 0 Å². The summed E-state index contributed by atoms with van der Waals surface area (Å²) in [5.74, 6) is 1.50. The number of nitrogens with zero attached hydrogens (tertiary/aromatic N) is 4. The summed E-state index contributed by atoms with van der Waals surface area (Å²) in [7, 11) is 0. The van der Waals surface area contributed by atoms with Gasteiger partial charge in [0.25, 0.3) is 5.91 Å². The van der Waals surface area contributed by atoms with Gasteiger partial charge in [-0.25, -0.2) is 4.98 Å². The van der Waals surface area contributed by atoms with E-state index in [2.05, 4.69) is 19.8 Å². The molecule has 1 aromatic heterocycles. The van der Waals surface area contributed by atoms with Crippen molar-refractivity contribution in [1.82, 2.24) is 19.8 Å². The quantitative estimate of drug-likeness (QED) is 0.764. The van der Waals surface area contributed by atoms with E-state index >= 15 is 0 Å². The molecule has 106 valence electrons. The fraction of sp³-hybridized carbons (Fsp3) is 0.667. The molecule has 4 aliphatic rings. The number of amides is 1. The van der Waals surface area contributed by atoms with Gasteiger partial charge in [-0.05, 0) is 31.6 Å². The van der Waals surface area contributed by atoms with Crippen molar-refractivity contribution in [2.75, 3.05) is 26.2 Å². The third kappa shape index (κ3) is 2.00. The number of aryl methyl sites for hydroxylation is 1. The van der Waals surface area contributed by atoms with Crippen LogP contribution in [-0.4, -0.2) is 57.9 Å². The Bertz CT molecular complexity index is 515. The minimum atomic E-state index is 0.0666. The lowest BCUT2D eigenvalue weighted by Gasteiger charge is -2.41. The molecule has 0 N–H and O–H groups in total. The van der Waals surface area contributed by atoms with Crippen molar-refractivity contribution in [3.63, 3.8) is 0 Å². The second-order valence-electron chi connectivity index (χ2n) is 6.58. The second kappa shape index (κ2) is 4.52. The molecule has 0 aliphatic carbocycles. The summed E-state index contributed by atoms with van der Waals surface area (Å²) in [4.78, 5) is 25.8. The molecule has 4 bridgehead atoms. The zero-order valence-corrected chi connectivity index (χ0v) is 11.8. The lowest BCUT2D eigenvalue weighted by atomic mass is 9.84. The SMILES string of the molecule is Cc1cnc(C(=O)N2CC3CC4CC2CN(C4)C3)cn1. The number of aromatic nitrogens is 2. The van der Waals surface area contributed by atoms with Crippen LogP contribution < -0.4 is 0 Å². The van der Waals surface area contributed by atoms with Crippen molar-refractivity contribution < 1.29 is 4.79 Å². The molecule has 5 heteroatoms. The van der Waals surface area contributed by atoms with Crippen LogP contribution >= 0.6 is 0 Å². The van der Waals surface area contributed by atoms with E-state index in [9.17, 15) is 4.79 Å². The maximum atomic E-state index is 12.7. The van der Waals surface area contributed by atoms with Gasteiger partial charge in [-0.1, -0.05) is 0 Å². The predicted octanol–water partition coefficient (Wildman–Crippen LogP) is 0.951. The number of carbonyl (C=O) groups excluding carboxylic acids is 1. The van der Waals surface area contributed by atoms with Crippen LogP contribution in [0.3, 0.4) is 0 Å². The van der Waals surface area contributed by atoms with E-state index in [1.165, 1.54) is 13.0 Å². The summed E-state index contributed by atoms with van der Waals surface area (Å²) >= 11 is 0. The molecule has 5 heterocycles. The number of hydrogen-bond donors (Lipinski definition) is 0. The summed E-state index contributed by atoms with van der Waals surface area (Å²) < 4.78 is 0. The Labute approximate surface area is 119 Å². The van der Waals surface area contributed by atoms with Crippen molar-refractivity contribution in [2.45, 2.75) is 25.8 Å². The first kappa shape index (κ1) is 12.3. The Morgan fingerprint density at radius 2 is 1.95 bits per heavy atom. The van der Waals surface area contributed by atoms with Gasteiger partial charge in [0.2, 0.25) is 0 Å². The zero-order valence-electron chi connectivity index (χ0n) is 11.8. The minimum Gasteiger partial charge on any atom is -0.333 e. The molecule has 4 saturated heterocycles. The van der Waals surface area contributed by atoms with E-state index in [4.69, 9.17) is 0 Å². The Morgan fingerprint density at radius 3 is 2.70 bits per heavy atom. The largest absolute Gasteiger partial charge is 0.333 e. The fourth-order valence-electron chi connectivity index (χ4n) is 4.19. The van der Waals surface area contributed by atoms with Gasteiger partial charge in [0, 0.05) is 38.4 Å². The molecule has 0 spiro atoms. The van der Waals surface area contributed by atoms with Gasteiger partial charge in [-0.3, -0.25) is 9.78 Å². The number of fused-ring (bicyclic) bond motifs is 1. The van der Waals surface area contributed by atoms with Crippen LogP contribution in [0.5, 0.6) is 0 Å². The summed E-state index contributed by atoms with van der Waals surface area (Å²) in [6, 6.07) is 0.372. The lowest BCUT2D eigenvalue weighted by Crippen LogP contribution is -2.50. The monoisotopic (exact) mass is 272 g/mol. The van der Waals surface area contributed by atoms with Gasteiger partial charge in [0.1, 0.15) is 5.69 Å². The molecule has 5 rings (SSSR count). The highest BCUT2D eigenvalue weighted by molar-refractivity contribution is 5.92. The third-order valence-electron chi connectivity index (χ3n) is 4.93. The summed E-state index contributed by atoms with van der Waals surface area (Å²) in [6.45, 7) is 6.22. The predicted molar refractivity (Wildman–Crippen MR) is 74.2 cm³/mol. The molecular formula is C15H20N4O. The van der Waals surface area contributed by atoms with E-state index in [0.29, 0.717) is 17.7 Å². The Balaban J connectivity index is 1.61. The van der Waals surface area contributed by atoms with Gasteiger partial charge in [-0.15, -0.1) is 0 Å². The smallest absolute Gasteiger partial charge is 0.274 e. The van der Waals surface area contributed by atoms with Crippen LogP contribution in [0.15, 0.2) is 12.4 Å². The topological polar surface area (TPSA) is 49.3 Å². The Hall–Kier alpha value is -1.49. The van der Waals surface area contributed by atoms with Gasteiger partial charge < -0.3 is 9.80 Å². The van der Waals surface area contributed by atoms with Crippen molar-refractivity contribution >= 4 is 5.91 Å². The molecular weight excluding hydrogens is 252 g/mol. The molecule has 0 aromatic carbocycles. The van der Waals surface area contributed by atoms with Gasteiger partial charge in [-0.2, -0.15) is 0 Å². The summed E-state index contributed by atoms with van der Waals surface area (Å²) in [5.41, 5.74) is 1.34. The van der Waals surface area contributed by atoms with E-state index in [-0.39, 0.29) is 5.91 Å². The lowest BCUT2D eigenvalue weighted by molar-refractivity contribution is 0.0568. The molecule has 4 fully saturated rings. The van der Waals surface area contributed by atoms with E-state index < -0.39 is 0 Å². The molecule has 1 amide bonds. The molecule has 20 heavy (non-hydrogen) atoms. The maximum absolute atomic E-state index is 12.7. The number of hydrogen-bond acceptors (Lipinski definition) is 4. The van der Waals surface area contributed by atoms with E-state index in [1.807, 2.05) is 6.92 Å². The number of piperidine rings is 2. The first-order valence-corrected chi connectivity index (χ1v) is 7.51. The fourth-order valence-corrected chi connectivity index (χ4v) is 4.19. The summed E-state index contributed by atoms with van der Waals surface area (Å²) in [5, 5.41) is 0. The Kier molecular flexibility index (Phi) is 2.77. The van der Waals surface area contributed by atoms with E-state index in [1.54, 1.807) is 12.4 Å². The first-order chi connectivity index (χ1) is 9.69. The van der Waals surface area contributed by atoms with Crippen LogP contribution in [0.4, 0.5) is 0 Å². The van der Waals surface area contributed by atoms with Crippen LogP contribution in [-0.2, 0) is 0 Å². The van der Waals surface area contributed by atoms with Gasteiger partial charge in [0.05, 0.1) is 11.9 Å². The van der Waals surface area contributed by atoms with Crippen molar-refractivity contribution in [1.29, 1.82) is 0 Å². The number of rotatable bonds is 1. The highest BCUT2D eigenvalue weighted by Gasteiger charge is 2.43. The molecule has 4 atom stereocenters. The van der Waals surface area contributed by atoms with Crippen LogP contribution in [0.1, 0.15) is 29.0 Å². The molecule has 5 nitrogen and oxygen atoms in total. The zero-order chi connectivity index (χ0) is 13.7. The van der Waals surface area contributed by atoms with Crippen molar-refractivity contribution in [3.05, 3.63) is 23.8 Å². The first-order valence-electron chi connectivity index (χ1n) is 7.51. The van der Waals surface area contributed by atoms with Gasteiger partial charge in [0.15, 0.2) is 0 Å². The summed E-state index contributed by atoms with van der Waals surface area (Å²) in [6.07, 6.45) is 5.75. The van der Waals surface area contributed by atoms with Crippen LogP contribution in [0.25, 0.3) is 0 Å². The standard InChI is InChI=1S/C15H20N4O/c1-10-4-17-14(5-16-10)15(20)19-8-12-2-11-3-13(19)9-18(6-11)7-12/h4-5,11-13H,2-3,6-9H2,1H3.